The maximum Gasteiger partial charge on any atom is -0.00218 e. The molecule has 0 spiro atoms. The second kappa shape index (κ2) is 7.07. The van der Waals surface area contributed by atoms with E-state index < -0.39 is 0 Å². The summed E-state index contributed by atoms with van der Waals surface area (Å²) in [4.78, 5) is 2.39. The van der Waals surface area contributed by atoms with Crippen LogP contribution in [-0.4, -0.2) is 25.0 Å². The van der Waals surface area contributed by atoms with E-state index in [-0.39, 0.29) is 0 Å². The molecule has 0 saturated carbocycles. The van der Waals surface area contributed by atoms with E-state index in [0.717, 1.165) is 0 Å². The van der Waals surface area contributed by atoms with Gasteiger partial charge in [0.2, 0.25) is 0 Å². The normalized spacial score (nSPS) is 19.5. The number of nitrogens with zero attached hydrogens (tertiary/aromatic N) is 1. The van der Waals surface area contributed by atoms with Gasteiger partial charge in [0.05, 0.1) is 0 Å². The number of likely N-dealkylation sites (tertiary alicyclic amines) is 1. The van der Waals surface area contributed by atoms with Gasteiger partial charge in [0.25, 0.3) is 0 Å². The molecule has 0 aromatic heterocycles. The van der Waals surface area contributed by atoms with Gasteiger partial charge < -0.3 is 4.90 Å². The SMILES string of the molecule is CCC.CN1CCCCC1. The molecule has 0 atom stereocenters. The lowest BCUT2D eigenvalue weighted by Gasteiger charge is -2.20. The summed E-state index contributed by atoms with van der Waals surface area (Å²) in [7, 11) is 2.19. The van der Waals surface area contributed by atoms with Crippen molar-refractivity contribution in [3.05, 3.63) is 0 Å². The van der Waals surface area contributed by atoms with Gasteiger partial charge >= 0.3 is 0 Å². The Bertz CT molecular complexity index is 55.7. The summed E-state index contributed by atoms with van der Waals surface area (Å²) < 4.78 is 0. The second-order valence-corrected chi connectivity index (χ2v) is 3.07. The van der Waals surface area contributed by atoms with Crippen LogP contribution in [0, 0.1) is 0 Å². The highest BCUT2D eigenvalue weighted by Crippen LogP contribution is 2.04. The van der Waals surface area contributed by atoms with E-state index >= 15 is 0 Å². The van der Waals surface area contributed by atoms with Crippen molar-refractivity contribution < 1.29 is 0 Å². The van der Waals surface area contributed by atoms with Crippen LogP contribution < -0.4 is 0 Å². The monoisotopic (exact) mass is 143 g/mol. The fraction of sp³-hybridized carbons (Fsp3) is 1.00. The Labute approximate surface area is 65.4 Å². The van der Waals surface area contributed by atoms with Crippen LogP contribution in [0.25, 0.3) is 0 Å². The van der Waals surface area contributed by atoms with Gasteiger partial charge in [-0.25, -0.2) is 0 Å². The summed E-state index contributed by atoms with van der Waals surface area (Å²) >= 11 is 0. The van der Waals surface area contributed by atoms with E-state index in [1.165, 1.54) is 38.8 Å². The van der Waals surface area contributed by atoms with Crippen molar-refractivity contribution >= 4 is 0 Å². The minimum atomic E-state index is 1.25. The highest BCUT2D eigenvalue weighted by atomic mass is 15.1. The largest absolute Gasteiger partial charge is 0.306 e. The van der Waals surface area contributed by atoms with E-state index in [1.807, 2.05) is 0 Å². The van der Waals surface area contributed by atoms with Gasteiger partial charge in [-0.05, 0) is 33.0 Å². The molecule has 0 aromatic rings. The van der Waals surface area contributed by atoms with Crippen molar-refractivity contribution in [1.82, 2.24) is 4.90 Å². The first-order chi connectivity index (χ1) is 4.81. The minimum absolute atomic E-state index is 1.25. The third kappa shape index (κ3) is 6.09. The Kier molecular flexibility index (Phi) is 7.04. The molecule has 1 saturated heterocycles. The van der Waals surface area contributed by atoms with Crippen molar-refractivity contribution in [2.45, 2.75) is 39.5 Å². The van der Waals surface area contributed by atoms with Gasteiger partial charge in [-0.3, -0.25) is 0 Å². The van der Waals surface area contributed by atoms with E-state index in [2.05, 4.69) is 25.8 Å². The van der Waals surface area contributed by atoms with Crippen LogP contribution in [0.2, 0.25) is 0 Å². The molecule has 1 heteroatoms. The summed E-state index contributed by atoms with van der Waals surface area (Å²) in [6, 6.07) is 0. The van der Waals surface area contributed by atoms with Gasteiger partial charge in [-0.2, -0.15) is 0 Å². The van der Waals surface area contributed by atoms with Gasteiger partial charge in [0, 0.05) is 0 Å². The maximum absolute atomic E-state index is 2.39. The average Bonchev–Trinajstić information content (AvgIpc) is 1.91. The van der Waals surface area contributed by atoms with Crippen molar-refractivity contribution in [2.75, 3.05) is 20.1 Å². The Morgan fingerprint density at radius 3 is 1.60 bits per heavy atom. The fourth-order valence-electron chi connectivity index (χ4n) is 1.05. The first-order valence-corrected chi connectivity index (χ1v) is 4.49. The number of rotatable bonds is 0. The second-order valence-electron chi connectivity index (χ2n) is 3.07. The van der Waals surface area contributed by atoms with E-state index in [4.69, 9.17) is 0 Å². The standard InChI is InChI=1S/C6H13N.C3H8/c1-7-5-3-2-4-6-7;1-3-2/h2-6H2,1H3;3H2,1-2H3. The van der Waals surface area contributed by atoms with Gasteiger partial charge in [0.15, 0.2) is 0 Å². The molecule has 0 N–H and O–H groups in total. The molecule has 1 rings (SSSR count). The first kappa shape index (κ1) is 9.96. The molecule has 1 heterocycles. The fourth-order valence-corrected chi connectivity index (χ4v) is 1.05. The molecule has 0 aliphatic carbocycles. The van der Waals surface area contributed by atoms with Gasteiger partial charge in [-0.15, -0.1) is 0 Å². The Balaban J connectivity index is 0.000000236. The molecular formula is C9H21N. The lowest BCUT2D eigenvalue weighted by molar-refractivity contribution is 0.277. The summed E-state index contributed by atoms with van der Waals surface area (Å²) in [6.45, 7) is 6.89. The third-order valence-corrected chi connectivity index (χ3v) is 1.58. The zero-order chi connectivity index (χ0) is 7.82. The number of piperidine rings is 1. The minimum Gasteiger partial charge on any atom is -0.306 e. The van der Waals surface area contributed by atoms with Gasteiger partial charge in [0.1, 0.15) is 0 Å². The molecule has 0 aromatic carbocycles. The van der Waals surface area contributed by atoms with Crippen LogP contribution in [0.3, 0.4) is 0 Å². The van der Waals surface area contributed by atoms with E-state index in [9.17, 15) is 0 Å². The molecule has 62 valence electrons. The molecule has 0 radical (unpaired) electrons. The van der Waals surface area contributed by atoms with Crippen molar-refractivity contribution in [2.24, 2.45) is 0 Å². The van der Waals surface area contributed by atoms with E-state index in [0.29, 0.717) is 0 Å². The molecule has 0 bridgehead atoms. The maximum atomic E-state index is 2.39. The molecule has 1 nitrogen and oxygen atoms in total. The third-order valence-electron chi connectivity index (χ3n) is 1.58. The molecule has 0 unspecified atom stereocenters. The zero-order valence-electron chi connectivity index (χ0n) is 7.69. The van der Waals surface area contributed by atoms with Crippen LogP contribution >= 0.6 is 0 Å². The van der Waals surface area contributed by atoms with E-state index in [1.54, 1.807) is 0 Å². The van der Waals surface area contributed by atoms with Gasteiger partial charge in [-0.1, -0.05) is 26.7 Å². The summed E-state index contributed by atoms with van der Waals surface area (Å²) in [6.07, 6.45) is 5.53. The van der Waals surface area contributed by atoms with Crippen molar-refractivity contribution in [3.8, 4) is 0 Å². The highest BCUT2D eigenvalue weighted by Gasteiger charge is 2.02. The van der Waals surface area contributed by atoms with Crippen molar-refractivity contribution in [3.63, 3.8) is 0 Å². The number of hydrogen-bond acceptors (Lipinski definition) is 1. The Morgan fingerprint density at radius 1 is 1.00 bits per heavy atom. The number of hydrogen-bond donors (Lipinski definition) is 0. The molecule has 1 aliphatic heterocycles. The first-order valence-electron chi connectivity index (χ1n) is 4.49. The van der Waals surface area contributed by atoms with Crippen LogP contribution in [-0.2, 0) is 0 Å². The van der Waals surface area contributed by atoms with Crippen LogP contribution in [0.1, 0.15) is 39.5 Å². The molecule has 10 heavy (non-hydrogen) atoms. The van der Waals surface area contributed by atoms with Crippen LogP contribution in [0.4, 0.5) is 0 Å². The topological polar surface area (TPSA) is 3.24 Å². The van der Waals surface area contributed by atoms with Crippen LogP contribution in [0.5, 0.6) is 0 Å². The Hall–Kier alpha value is -0.0400. The predicted molar refractivity (Wildman–Crippen MR) is 47.3 cm³/mol. The molecule has 1 aliphatic rings. The summed E-state index contributed by atoms with van der Waals surface area (Å²) in [5, 5.41) is 0. The summed E-state index contributed by atoms with van der Waals surface area (Å²) in [5.74, 6) is 0. The smallest absolute Gasteiger partial charge is 0.00218 e. The average molecular weight is 143 g/mol. The molecule has 1 fully saturated rings. The van der Waals surface area contributed by atoms with Crippen molar-refractivity contribution in [1.29, 1.82) is 0 Å². The summed E-state index contributed by atoms with van der Waals surface area (Å²) in [5.41, 5.74) is 0. The van der Waals surface area contributed by atoms with Crippen LogP contribution in [0.15, 0.2) is 0 Å². The highest BCUT2D eigenvalue weighted by molar-refractivity contribution is 4.58. The predicted octanol–water partition coefficient (Wildman–Crippen LogP) is 2.52. The molecular weight excluding hydrogens is 122 g/mol. The zero-order valence-corrected chi connectivity index (χ0v) is 7.69. The molecule has 0 amide bonds. The lowest BCUT2D eigenvalue weighted by Crippen LogP contribution is -2.24. The quantitative estimate of drug-likeness (QED) is 0.503. The Morgan fingerprint density at radius 2 is 1.40 bits per heavy atom. The lowest BCUT2D eigenvalue weighted by atomic mass is 10.1.